The van der Waals surface area contributed by atoms with Gasteiger partial charge in [-0.1, -0.05) is 60.9 Å². The molecule has 1 atom stereocenters. The lowest BCUT2D eigenvalue weighted by atomic mass is 9.95. The summed E-state index contributed by atoms with van der Waals surface area (Å²) in [5.41, 5.74) is 2.80. The van der Waals surface area contributed by atoms with Gasteiger partial charge in [0, 0.05) is 5.70 Å². The lowest BCUT2D eigenvalue weighted by Crippen LogP contribution is -2.29. The summed E-state index contributed by atoms with van der Waals surface area (Å²) >= 11 is 13.7. The summed E-state index contributed by atoms with van der Waals surface area (Å²) in [5.74, 6) is 2.10. The van der Waals surface area contributed by atoms with Crippen LogP contribution in [0.4, 0.5) is 5.95 Å². The molecule has 1 aliphatic rings. The number of carbonyl (C=O) groups excluding carboxylic acids is 1. The minimum Gasteiger partial charge on any atom is -0.490 e. The molecule has 2 heterocycles. The molecule has 3 aromatic rings. The molecular formula is C27H30Cl2N4O4S. The standard InChI is InChI=1S/C27H30Cl2N4O4S/c1-5-12-36-25(34)23-16(4)30-26-31-27(38-7-3)32-33(26)24(23)18-9-11-21(22(14-18)35-6-2)37-15-17-8-10-19(28)20(29)13-17/h8-11,13-14,24H,5-7,12,15H2,1-4H3,(H,30,31,32). The van der Waals surface area contributed by atoms with E-state index < -0.39 is 12.0 Å². The van der Waals surface area contributed by atoms with Gasteiger partial charge >= 0.3 is 5.97 Å². The molecule has 38 heavy (non-hydrogen) atoms. The van der Waals surface area contributed by atoms with Crippen LogP contribution in [-0.2, 0) is 16.1 Å². The van der Waals surface area contributed by atoms with Crippen molar-refractivity contribution in [3.63, 3.8) is 0 Å². The van der Waals surface area contributed by atoms with Gasteiger partial charge in [0.2, 0.25) is 11.1 Å². The summed E-state index contributed by atoms with van der Waals surface area (Å²) in [7, 11) is 0. The van der Waals surface area contributed by atoms with Gasteiger partial charge in [-0.05, 0) is 61.4 Å². The lowest BCUT2D eigenvalue weighted by Gasteiger charge is -2.28. The molecule has 1 unspecified atom stereocenters. The Bertz CT molecular complexity index is 1340. The van der Waals surface area contributed by atoms with Crippen molar-refractivity contribution in [3.05, 3.63) is 68.8 Å². The molecule has 11 heteroatoms. The van der Waals surface area contributed by atoms with Gasteiger partial charge in [0.25, 0.3) is 0 Å². The Morgan fingerprint density at radius 3 is 2.61 bits per heavy atom. The zero-order valence-electron chi connectivity index (χ0n) is 21.7. The average Bonchev–Trinajstić information content (AvgIpc) is 3.29. The van der Waals surface area contributed by atoms with E-state index in [0.717, 1.165) is 23.3 Å². The minimum atomic E-state index is -0.558. The topological polar surface area (TPSA) is 87.5 Å². The van der Waals surface area contributed by atoms with Crippen molar-refractivity contribution in [2.24, 2.45) is 0 Å². The molecule has 8 nitrogen and oxygen atoms in total. The number of esters is 1. The van der Waals surface area contributed by atoms with Gasteiger partial charge in [-0.3, -0.25) is 0 Å². The second kappa shape index (κ2) is 12.8. The largest absolute Gasteiger partial charge is 0.490 e. The maximum Gasteiger partial charge on any atom is 0.338 e. The number of allylic oxidation sites excluding steroid dienone is 1. The molecule has 202 valence electrons. The van der Waals surface area contributed by atoms with Crippen molar-refractivity contribution < 1.29 is 19.0 Å². The number of benzene rings is 2. The number of anilines is 1. The third kappa shape index (κ3) is 6.22. The fourth-order valence-electron chi connectivity index (χ4n) is 4.04. The van der Waals surface area contributed by atoms with Gasteiger partial charge in [0.05, 0.1) is 28.8 Å². The zero-order chi connectivity index (χ0) is 27.2. The number of carbonyl (C=O) groups is 1. The van der Waals surface area contributed by atoms with Gasteiger partial charge in [0.1, 0.15) is 12.6 Å². The predicted molar refractivity (Wildman–Crippen MR) is 151 cm³/mol. The highest BCUT2D eigenvalue weighted by atomic mass is 35.5. The molecule has 4 rings (SSSR count). The number of aromatic nitrogens is 3. The van der Waals surface area contributed by atoms with E-state index in [1.807, 2.05) is 52.0 Å². The van der Waals surface area contributed by atoms with Crippen LogP contribution in [0.1, 0.15) is 51.3 Å². The van der Waals surface area contributed by atoms with Gasteiger partial charge in [-0.25, -0.2) is 9.48 Å². The van der Waals surface area contributed by atoms with Crippen LogP contribution in [0.5, 0.6) is 11.5 Å². The first-order valence-corrected chi connectivity index (χ1v) is 14.2. The monoisotopic (exact) mass is 576 g/mol. The zero-order valence-corrected chi connectivity index (χ0v) is 24.0. The highest BCUT2D eigenvalue weighted by Gasteiger charge is 2.35. The van der Waals surface area contributed by atoms with Crippen molar-refractivity contribution >= 4 is 46.9 Å². The van der Waals surface area contributed by atoms with E-state index in [4.69, 9.17) is 42.5 Å². The van der Waals surface area contributed by atoms with Crippen LogP contribution in [0.25, 0.3) is 0 Å². The number of nitrogens with one attached hydrogen (secondary N) is 1. The smallest absolute Gasteiger partial charge is 0.338 e. The SMILES string of the molecule is CCCOC(=O)C1=C(C)Nc2nc(SCC)nn2C1c1ccc(OCc2ccc(Cl)c(Cl)c2)c(OCC)c1. The van der Waals surface area contributed by atoms with Crippen LogP contribution in [0.2, 0.25) is 10.0 Å². The Balaban J connectivity index is 1.72. The van der Waals surface area contributed by atoms with E-state index >= 15 is 0 Å². The van der Waals surface area contributed by atoms with Crippen LogP contribution in [-0.4, -0.2) is 39.7 Å². The molecule has 0 saturated heterocycles. The number of ether oxygens (including phenoxy) is 3. The molecule has 0 bridgehead atoms. The number of halogens is 2. The fourth-order valence-corrected chi connectivity index (χ4v) is 4.92. The Morgan fingerprint density at radius 2 is 1.89 bits per heavy atom. The summed E-state index contributed by atoms with van der Waals surface area (Å²) < 4.78 is 19.3. The molecule has 0 spiro atoms. The molecule has 0 saturated carbocycles. The van der Waals surface area contributed by atoms with Gasteiger partial charge < -0.3 is 19.5 Å². The van der Waals surface area contributed by atoms with Crippen LogP contribution in [0.3, 0.4) is 0 Å². The third-order valence-corrected chi connectivity index (χ3v) is 7.18. The molecule has 1 aromatic heterocycles. The van der Waals surface area contributed by atoms with Crippen molar-refractivity contribution in [2.45, 2.75) is 51.9 Å². The van der Waals surface area contributed by atoms with E-state index in [1.54, 1.807) is 16.8 Å². The minimum absolute atomic E-state index is 0.280. The van der Waals surface area contributed by atoms with Crippen molar-refractivity contribution in [3.8, 4) is 11.5 Å². The molecule has 1 N–H and O–H groups in total. The summed E-state index contributed by atoms with van der Waals surface area (Å²) in [6.07, 6.45) is 0.724. The van der Waals surface area contributed by atoms with E-state index in [9.17, 15) is 4.79 Å². The maximum atomic E-state index is 13.2. The van der Waals surface area contributed by atoms with E-state index in [-0.39, 0.29) is 6.61 Å². The maximum absolute atomic E-state index is 13.2. The number of rotatable bonds is 11. The molecule has 0 amide bonds. The van der Waals surface area contributed by atoms with Crippen molar-refractivity contribution in [1.82, 2.24) is 14.8 Å². The first-order valence-electron chi connectivity index (χ1n) is 12.4. The summed E-state index contributed by atoms with van der Waals surface area (Å²) in [6.45, 7) is 8.79. The van der Waals surface area contributed by atoms with Crippen molar-refractivity contribution in [2.75, 3.05) is 24.3 Å². The summed E-state index contributed by atoms with van der Waals surface area (Å²) in [4.78, 5) is 17.8. The van der Waals surface area contributed by atoms with Crippen LogP contribution in [0.15, 0.2) is 52.8 Å². The molecule has 0 radical (unpaired) electrons. The van der Waals surface area contributed by atoms with E-state index in [0.29, 0.717) is 57.1 Å². The molecular weight excluding hydrogens is 547 g/mol. The van der Waals surface area contributed by atoms with Crippen molar-refractivity contribution in [1.29, 1.82) is 0 Å². The summed E-state index contributed by atoms with van der Waals surface area (Å²) in [5, 5.41) is 9.51. The van der Waals surface area contributed by atoms with E-state index in [2.05, 4.69) is 10.3 Å². The summed E-state index contributed by atoms with van der Waals surface area (Å²) in [6, 6.07) is 10.4. The number of nitrogens with zero attached hydrogens (tertiary/aromatic N) is 3. The van der Waals surface area contributed by atoms with Gasteiger partial charge in [-0.2, -0.15) is 4.98 Å². The normalized spacial score (nSPS) is 14.6. The van der Waals surface area contributed by atoms with Crippen LogP contribution in [0, 0.1) is 0 Å². The second-order valence-corrected chi connectivity index (χ2v) is 10.5. The number of fused-ring (bicyclic) bond motifs is 1. The third-order valence-electron chi connectivity index (χ3n) is 5.73. The molecule has 1 aliphatic heterocycles. The quantitative estimate of drug-likeness (QED) is 0.194. The van der Waals surface area contributed by atoms with Crippen LogP contribution >= 0.6 is 35.0 Å². The Morgan fingerprint density at radius 1 is 1.08 bits per heavy atom. The molecule has 0 aliphatic carbocycles. The first-order chi connectivity index (χ1) is 18.4. The van der Waals surface area contributed by atoms with Crippen LogP contribution < -0.4 is 14.8 Å². The van der Waals surface area contributed by atoms with Gasteiger partial charge in [0.15, 0.2) is 11.5 Å². The second-order valence-electron chi connectivity index (χ2n) is 8.47. The fraction of sp³-hybridized carbons (Fsp3) is 0.370. The van der Waals surface area contributed by atoms with E-state index in [1.165, 1.54) is 11.8 Å². The Hall–Kier alpha value is -2.88. The molecule has 0 fully saturated rings. The Kier molecular flexibility index (Phi) is 9.46. The number of hydrogen-bond acceptors (Lipinski definition) is 8. The predicted octanol–water partition coefficient (Wildman–Crippen LogP) is 6.92. The Labute approximate surface area is 236 Å². The number of hydrogen-bond donors (Lipinski definition) is 1. The van der Waals surface area contributed by atoms with Gasteiger partial charge in [-0.15, -0.1) is 5.10 Å². The highest BCUT2D eigenvalue weighted by molar-refractivity contribution is 7.99. The number of thioether (sulfide) groups is 1. The molecule has 2 aromatic carbocycles. The first kappa shape index (κ1) is 28.1. The average molecular weight is 578 g/mol. The highest BCUT2D eigenvalue weighted by Crippen LogP contribution is 2.40. The lowest BCUT2D eigenvalue weighted by molar-refractivity contribution is -0.139.